The smallest absolute Gasteiger partial charge is 0.0121 e. The van der Waals surface area contributed by atoms with Gasteiger partial charge in [0, 0.05) is 6.04 Å². The van der Waals surface area contributed by atoms with Gasteiger partial charge in [-0.3, -0.25) is 0 Å². The third-order valence-electron chi connectivity index (χ3n) is 4.25. The van der Waals surface area contributed by atoms with Crippen molar-refractivity contribution in [2.45, 2.75) is 38.1 Å². The second-order valence-electron chi connectivity index (χ2n) is 5.14. The lowest BCUT2D eigenvalue weighted by molar-refractivity contribution is 0.321. The van der Waals surface area contributed by atoms with Crippen molar-refractivity contribution in [3.8, 4) is 0 Å². The van der Waals surface area contributed by atoms with Gasteiger partial charge in [-0.1, -0.05) is 0 Å². The molecule has 1 N–H and O–H groups in total. The minimum Gasteiger partial charge on any atom is -0.316 e. The number of hydrogen-bond acceptors (Lipinski definition) is 1. The highest BCUT2D eigenvalue weighted by atomic mass is 14.9. The standard InChI is InChI=1S/C11H19N/c1-12-11(7-2-3-7)10-5-8-4-9(8)6-10/h7-12H,2-6H2,1H3. The molecule has 3 saturated carbocycles. The number of hydrogen-bond donors (Lipinski definition) is 1. The molecule has 68 valence electrons. The van der Waals surface area contributed by atoms with E-state index in [9.17, 15) is 0 Å². The molecule has 0 heterocycles. The normalized spacial score (nSPS) is 47.2. The Kier molecular flexibility index (Phi) is 1.52. The van der Waals surface area contributed by atoms with Crippen LogP contribution in [-0.4, -0.2) is 13.1 Å². The third-order valence-corrected chi connectivity index (χ3v) is 4.25. The van der Waals surface area contributed by atoms with Crippen LogP contribution in [0.3, 0.4) is 0 Å². The number of fused-ring (bicyclic) bond motifs is 1. The molecule has 3 unspecified atom stereocenters. The molecule has 12 heavy (non-hydrogen) atoms. The Labute approximate surface area is 74.9 Å². The van der Waals surface area contributed by atoms with Gasteiger partial charge in [0.15, 0.2) is 0 Å². The molecule has 3 aliphatic rings. The van der Waals surface area contributed by atoms with Crippen molar-refractivity contribution >= 4 is 0 Å². The zero-order valence-electron chi connectivity index (χ0n) is 7.92. The first-order valence-electron chi connectivity index (χ1n) is 5.55. The minimum absolute atomic E-state index is 0.887. The Morgan fingerprint density at radius 3 is 2.17 bits per heavy atom. The first-order chi connectivity index (χ1) is 5.88. The molecular formula is C11H19N. The highest BCUT2D eigenvalue weighted by Gasteiger charge is 2.49. The van der Waals surface area contributed by atoms with Crippen molar-refractivity contribution in [1.29, 1.82) is 0 Å². The molecule has 0 aromatic rings. The fraction of sp³-hybridized carbons (Fsp3) is 1.00. The Morgan fingerprint density at radius 1 is 1.00 bits per heavy atom. The van der Waals surface area contributed by atoms with Gasteiger partial charge in [0.1, 0.15) is 0 Å². The quantitative estimate of drug-likeness (QED) is 0.674. The molecule has 3 aliphatic carbocycles. The summed E-state index contributed by atoms with van der Waals surface area (Å²) in [5.41, 5.74) is 0. The Hall–Kier alpha value is -0.0400. The second-order valence-corrected chi connectivity index (χ2v) is 5.14. The zero-order valence-corrected chi connectivity index (χ0v) is 7.92. The maximum absolute atomic E-state index is 3.55. The van der Waals surface area contributed by atoms with Crippen LogP contribution >= 0.6 is 0 Å². The summed E-state index contributed by atoms with van der Waals surface area (Å²) in [4.78, 5) is 0. The van der Waals surface area contributed by atoms with Gasteiger partial charge in [-0.25, -0.2) is 0 Å². The largest absolute Gasteiger partial charge is 0.316 e. The summed E-state index contributed by atoms with van der Waals surface area (Å²) in [6, 6.07) is 0.887. The molecule has 0 radical (unpaired) electrons. The van der Waals surface area contributed by atoms with Gasteiger partial charge in [-0.15, -0.1) is 0 Å². The van der Waals surface area contributed by atoms with Crippen LogP contribution in [0, 0.1) is 23.7 Å². The Bertz CT molecular complexity index is 175. The van der Waals surface area contributed by atoms with Crippen LogP contribution in [0.2, 0.25) is 0 Å². The van der Waals surface area contributed by atoms with E-state index in [1.165, 1.54) is 12.8 Å². The van der Waals surface area contributed by atoms with Crippen LogP contribution in [0.15, 0.2) is 0 Å². The molecule has 1 nitrogen and oxygen atoms in total. The van der Waals surface area contributed by atoms with Gasteiger partial charge in [0.05, 0.1) is 0 Å². The summed E-state index contributed by atoms with van der Waals surface area (Å²) < 4.78 is 0. The van der Waals surface area contributed by atoms with Crippen LogP contribution < -0.4 is 5.32 Å². The van der Waals surface area contributed by atoms with Gasteiger partial charge in [0.2, 0.25) is 0 Å². The van der Waals surface area contributed by atoms with Crippen molar-refractivity contribution in [2.24, 2.45) is 23.7 Å². The third kappa shape index (κ3) is 1.10. The van der Waals surface area contributed by atoms with Crippen molar-refractivity contribution < 1.29 is 0 Å². The van der Waals surface area contributed by atoms with Crippen molar-refractivity contribution in [1.82, 2.24) is 5.32 Å². The van der Waals surface area contributed by atoms with Gasteiger partial charge in [0.25, 0.3) is 0 Å². The molecule has 0 saturated heterocycles. The molecule has 0 aromatic heterocycles. The van der Waals surface area contributed by atoms with Crippen LogP contribution in [-0.2, 0) is 0 Å². The maximum atomic E-state index is 3.55. The van der Waals surface area contributed by atoms with E-state index in [2.05, 4.69) is 12.4 Å². The van der Waals surface area contributed by atoms with E-state index in [4.69, 9.17) is 0 Å². The summed E-state index contributed by atoms with van der Waals surface area (Å²) in [6.45, 7) is 0. The Morgan fingerprint density at radius 2 is 1.67 bits per heavy atom. The average molecular weight is 165 g/mol. The Balaban J connectivity index is 1.62. The first-order valence-corrected chi connectivity index (χ1v) is 5.55. The van der Waals surface area contributed by atoms with E-state index in [0.29, 0.717) is 0 Å². The van der Waals surface area contributed by atoms with E-state index in [0.717, 1.165) is 29.7 Å². The lowest BCUT2D eigenvalue weighted by Crippen LogP contribution is -2.34. The predicted octanol–water partition coefficient (Wildman–Crippen LogP) is 2.03. The lowest BCUT2D eigenvalue weighted by Gasteiger charge is -2.23. The molecule has 3 atom stereocenters. The molecule has 3 rings (SSSR count). The lowest BCUT2D eigenvalue weighted by atomic mass is 9.91. The van der Waals surface area contributed by atoms with Crippen LogP contribution in [0.1, 0.15) is 32.1 Å². The highest BCUT2D eigenvalue weighted by molar-refractivity contribution is 5.02. The summed E-state index contributed by atoms with van der Waals surface area (Å²) in [5, 5.41) is 3.55. The van der Waals surface area contributed by atoms with Gasteiger partial charge in [-0.05, 0) is 62.8 Å². The maximum Gasteiger partial charge on any atom is 0.0121 e. The monoisotopic (exact) mass is 165 g/mol. The van der Waals surface area contributed by atoms with Crippen molar-refractivity contribution in [3.63, 3.8) is 0 Å². The minimum atomic E-state index is 0.887. The first kappa shape index (κ1) is 7.37. The predicted molar refractivity (Wildman–Crippen MR) is 49.9 cm³/mol. The second kappa shape index (κ2) is 2.47. The molecule has 0 amide bonds. The summed E-state index contributed by atoms with van der Waals surface area (Å²) >= 11 is 0. The molecule has 1 heteroatoms. The fourth-order valence-corrected chi connectivity index (χ4v) is 3.37. The molecule has 0 aliphatic heterocycles. The summed E-state index contributed by atoms with van der Waals surface area (Å²) in [6.07, 6.45) is 7.66. The summed E-state index contributed by atoms with van der Waals surface area (Å²) in [7, 11) is 2.16. The molecular weight excluding hydrogens is 146 g/mol. The van der Waals surface area contributed by atoms with E-state index in [1.807, 2.05) is 0 Å². The van der Waals surface area contributed by atoms with Crippen LogP contribution in [0.5, 0.6) is 0 Å². The molecule has 0 bridgehead atoms. The van der Waals surface area contributed by atoms with E-state index in [-0.39, 0.29) is 0 Å². The SMILES string of the molecule is CNC(C1CC1)C1CC2CC2C1. The van der Waals surface area contributed by atoms with E-state index < -0.39 is 0 Å². The fourth-order valence-electron chi connectivity index (χ4n) is 3.37. The number of rotatable bonds is 3. The topological polar surface area (TPSA) is 12.0 Å². The highest BCUT2D eigenvalue weighted by Crippen LogP contribution is 2.56. The van der Waals surface area contributed by atoms with E-state index in [1.54, 1.807) is 19.3 Å². The molecule has 0 spiro atoms. The van der Waals surface area contributed by atoms with Crippen LogP contribution in [0.25, 0.3) is 0 Å². The van der Waals surface area contributed by atoms with Crippen molar-refractivity contribution in [2.75, 3.05) is 7.05 Å². The van der Waals surface area contributed by atoms with Gasteiger partial charge >= 0.3 is 0 Å². The molecule has 0 aromatic carbocycles. The number of nitrogens with one attached hydrogen (secondary N) is 1. The zero-order chi connectivity index (χ0) is 8.13. The van der Waals surface area contributed by atoms with E-state index >= 15 is 0 Å². The van der Waals surface area contributed by atoms with Gasteiger partial charge < -0.3 is 5.32 Å². The van der Waals surface area contributed by atoms with Crippen LogP contribution in [0.4, 0.5) is 0 Å². The van der Waals surface area contributed by atoms with Gasteiger partial charge in [-0.2, -0.15) is 0 Å². The molecule has 3 fully saturated rings. The average Bonchev–Trinajstić information content (AvgIpc) is 2.96. The van der Waals surface area contributed by atoms with Crippen molar-refractivity contribution in [3.05, 3.63) is 0 Å². The summed E-state index contributed by atoms with van der Waals surface area (Å²) in [5.74, 6) is 4.41.